The van der Waals surface area contributed by atoms with Gasteiger partial charge in [-0.15, -0.1) is 0 Å². The quantitative estimate of drug-likeness (QED) is 0.684. The molecule has 0 spiro atoms. The van der Waals surface area contributed by atoms with Gasteiger partial charge in [-0.25, -0.2) is 0 Å². The Balaban J connectivity index is 1.52. The Morgan fingerprint density at radius 2 is 2.32 bits per heavy atom. The monoisotopic (exact) mass is 296 g/mol. The van der Waals surface area contributed by atoms with E-state index in [0.29, 0.717) is 12.0 Å². The molecule has 1 aliphatic carbocycles. The number of H-pyrrole nitrogens is 1. The van der Waals surface area contributed by atoms with E-state index in [1.165, 1.54) is 0 Å². The average Bonchev–Trinajstić information content (AvgIpc) is 3.16. The number of carbonyl (C=O) groups excluding carboxylic acids is 1. The summed E-state index contributed by atoms with van der Waals surface area (Å²) < 4.78 is 1.70. The fourth-order valence-electron chi connectivity index (χ4n) is 3.01. The number of nitrogens with zero attached hydrogens (tertiary/aromatic N) is 2. The molecule has 3 atom stereocenters. The lowest BCUT2D eigenvalue weighted by atomic mass is 9.83. The Morgan fingerprint density at radius 3 is 3.09 bits per heavy atom. The molecule has 1 fully saturated rings. The van der Waals surface area contributed by atoms with Crippen molar-refractivity contribution in [2.24, 2.45) is 0 Å². The van der Waals surface area contributed by atoms with Crippen LogP contribution in [0.5, 0.6) is 0 Å². The van der Waals surface area contributed by atoms with Crippen LogP contribution in [0.15, 0.2) is 48.9 Å². The predicted octanol–water partition coefficient (Wildman–Crippen LogP) is 1.47. The van der Waals surface area contributed by atoms with Crippen molar-refractivity contribution in [3.8, 4) is 0 Å². The van der Waals surface area contributed by atoms with Crippen LogP contribution < -0.4 is 5.32 Å². The van der Waals surface area contributed by atoms with E-state index in [1.54, 1.807) is 17.1 Å². The maximum absolute atomic E-state index is 12.4. The fraction of sp³-hybridized carbons (Fsp3) is 0.250. The first-order chi connectivity index (χ1) is 10.7. The van der Waals surface area contributed by atoms with Gasteiger partial charge in [0.05, 0.1) is 18.2 Å². The Hall–Kier alpha value is -2.60. The van der Waals surface area contributed by atoms with Gasteiger partial charge in [-0.05, 0) is 36.1 Å². The lowest BCUT2D eigenvalue weighted by Gasteiger charge is -2.41. The number of aromatic nitrogens is 3. The molecule has 22 heavy (non-hydrogen) atoms. The van der Waals surface area contributed by atoms with Gasteiger partial charge in [-0.3, -0.25) is 9.48 Å². The molecule has 0 saturated heterocycles. The summed E-state index contributed by atoms with van der Waals surface area (Å²) in [5.41, 5.74) is 1.54. The summed E-state index contributed by atoms with van der Waals surface area (Å²) in [6.07, 6.45) is 5.39. The molecule has 1 aromatic carbocycles. The van der Waals surface area contributed by atoms with Crippen LogP contribution in [0, 0.1) is 0 Å². The molecule has 2 heterocycles. The third-order valence-electron chi connectivity index (χ3n) is 4.27. The molecular formula is C16H16N4O2. The molecule has 0 bridgehead atoms. The first-order valence-corrected chi connectivity index (χ1v) is 7.27. The van der Waals surface area contributed by atoms with E-state index in [4.69, 9.17) is 0 Å². The largest absolute Gasteiger partial charge is 0.391 e. The van der Waals surface area contributed by atoms with E-state index in [0.717, 1.165) is 10.9 Å². The number of aliphatic hydroxyl groups is 1. The van der Waals surface area contributed by atoms with Crippen molar-refractivity contribution >= 4 is 16.8 Å². The van der Waals surface area contributed by atoms with Crippen LogP contribution in [0.2, 0.25) is 0 Å². The number of rotatable bonds is 3. The standard InChI is InChI=1S/C16H16N4O2/c21-14-9-13(15(14)20-7-1-5-18-20)19-16(22)11-3-2-10-4-6-17-12(10)8-11/h1-8,13-15,17,21H,9H2,(H,19,22)/t13-,14+,15+/m0/s1. The third kappa shape index (κ3) is 2.08. The summed E-state index contributed by atoms with van der Waals surface area (Å²) in [5.74, 6) is -0.134. The van der Waals surface area contributed by atoms with Crippen molar-refractivity contribution in [3.63, 3.8) is 0 Å². The molecule has 2 aromatic heterocycles. The SMILES string of the molecule is O=C(N[C@H]1C[C@@H](O)[C@@H]1n1cccn1)c1ccc2cc[nH]c2c1. The van der Waals surface area contributed by atoms with Crippen molar-refractivity contribution in [3.05, 3.63) is 54.5 Å². The van der Waals surface area contributed by atoms with E-state index in [9.17, 15) is 9.90 Å². The van der Waals surface area contributed by atoms with Crippen LogP contribution in [0.1, 0.15) is 22.8 Å². The lowest BCUT2D eigenvalue weighted by Crippen LogP contribution is -2.56. The Bertz CT molecular complexity index is 809. The Kier molecular flexibility index (Phi) is 2.97. The number of amides is 1. The Morgan fingerprint density at radius 1 is 1.41 bits per heavy atom. The van der Waals surface area contributed by atoms with Crippen LogP contribution in [-0.4, -0.2) is 37.9 Å². The zero-order valence-electron chi connectivity index (χ0n) is 11.8. The third-order valence-corrected chi connectivity index (χ3v) is 4.27. The number of benzene rings is 1. The summed E-state index contributed by atoms with van der Waals surface area (Å²) in [4.78, 5) is 15.5. The zero-order chi connectivity index (χ0) is 15.1. The number of aliphatic hydroxyl groups excluding tert-OH is 1. The van der Waals surface area contributed by atoms with Gasteiger partial charge >= 0.3 is 0 Å². The molecule has 4 rings (SSSR count). The van der Waals surface area contributed by atoms with Gasteiger partial charge in [0, 0.05) is 29.7 Å². The van der Waals surface area contributed by atoms with E-state index in [1.807, 2.05) is 36.5 Å². The van der Waals surface area contributed by atoms with Crippen LogP contribution in [-0.2, 0) is 0 Å². The van der Waals surface area contributed by atoms with Crippen LogP contribution in [0.3, 0.4) is 0 Å². The van der Waals surface area contributed by atoms with Gasteiger partial charge in [0.25, 0.3) is 5.91 Å². The molecule has 0 radical (unpaired) electrons. The minimum Gasteiger partial charge on any atom is -0.391 e. The van der Waals surface area contributed by atoms with Gasteiger partial charge in [-0.2, -0.15) is 5.10 Å². The van der Waals surface area contributed by atoms with E-state index in [-0.39, 0.29) is 18.0 Å². The second kappa shape index (κ2) is 4.99. The second-order valence-corrected chi connectivity index (χ2v) is 5.64. The first kappa shape index (κ1) is 13.1. The van der Waals surface area contributed by atoms with Crippen LogP contribution in [0.25, 0.3) is 10.9 Å². The molecule has 0 aliphatic heterocycles. The van der Waals surface area contributed by atoms with E-state index >= 15 is 0 Å². The number of hydrogen-bond acceptors (Lipinski definition) is 3. The molecule has 1 aliphatic rings. The van der Waals surface area contributed by atoms with Crippen molar-refractivity contribution < 1.29 is 9.90 Å². The second-order valence-electron chi connectivity index (χ2n) is 5.64. The number of nitrogens with one attached hydrogen (secondary N) is 2. The number of fused-ring (bicyclic) bond motifs is 1. The zero-order valence-corrected chi connectivity index (χ0v) is 11.8. The maximum atomic E-state index is 12.4. The minimum absolute atomic E-state index is 0.110. The van der Waals surface area contributed by atoms with Crippen molar-refractivity contribution in [2.75, 3.05) is 0 Å². The highest BCUT2D eigenvalue weighted by molar-refractivity contribution is 5.98. The highest BCUT2D eigenvalue weighted by Gasteiger charge is 2.42. The topological polar surface area (TPSA) is 82.9 Å². The van der Waals surface area contributed by atoms with Gasteiger partial charge in [0.15, 0.2) is 0 Å². The number of carbonyl (C=O) groups is 1. The molecule has 3 aromatic rings. The number of aromatic amines is 1. The highest BCUT2D eigenvalue weighted by Crippen LogP contribution is 2.32. The molecule has 1 saturated carbocycles. The van der Waals surface area contributed by atoms with Gasteiger partial charge in [0.2, 0.25) is 0 Å². The van der Waals surface area contributed by atoms with E-state index < -0.39 is 6.10 Å². The summed E-state index contributed by atoms with van der Waals surface area (Å²) >= 11 is 0. The summed E-state index contributed by atoms with van der Waals surface area (Å²) in [6.45, 7) is 0. The summed E-state index contributed by atoms with van der Waals surface area (Å²) in [6, 6.07) is 9.03. The highest BCUT2D eigenvalue weighted by atomic mass is 16.3. The maximum Gasteiger partial charge on any atom is 0.251 e. The molecule has 6 nitrogen and oxygen atoms in total. The van der Waals surface area contributed by atoms with Crippen LogP contribution in [0.4, 0.5) is 0 Å². The van der Waals surface area contributed by atoms with Crippen molar-refractivity contribution in [1.82, 2.24) is 20.1 Å². The van der Waals surface area contributed by atoms with Gasteiger partial charge in [-0.1, -0.05) is 6.07 Å². The normalized spacial score (nSPS) is 24.1. The first-order valence-electron chi connectivity index (χ1n) is 7.27. The molecular weight excluding hydrogens is 280 g/mol. The molecule has 112 valence electrons. The molecule has 0 unspecified atom stereocenters. The fourth-order valence-corrected chi connectivity index (χ4v) is 3.01. The van der Waals surface area contributed by atoms with Gasteiger partial charge < -0.3 is 15.4 Å². The number of hydrogen-bond donors (Lipinski definition) is 3. The molecule has 3 N–H and O–H groups in total. The summed E-state index contributed by atoms with van der Waals surface area (Å²) in [5, 5.41) is 18.1. The smallest absolute Gasteiger partial charge is 0.251 e. The average molecular weight is 296 g/mol. The molecule has 6 heteroatoms. The molecule has 1 amide bonds. The van der Waals surface area contributed by atoms with Crippen LogP contribution >= 0.6 is 0 Å². The predicted molar refractivity (Wildman–Crippen MR) is 81.4 cm³/mol. The van der Waals surface area contributed by atoms with Gasteiger partial charge in [0.1, 0.15) is 0 Å². The van der Waals surface area contributed by atoms with Crippen molar-refractivity contribution in [2.45, 2.75) is 24.6 Å². The minimum atomic E-state index is -0.476. The van der Waals surface area contributed by atoms with E-state index in [2.05, 4.69) is 15.4 Å². The summed E-state index contributed by atoms with van der Waals surface area (Å²) in [7, 11) is 0. The lowest BCUT2D eigenvalue weighted by molar-refractivity contribution is -0.00588. The Labute approximate surface area is 126 Å². The van der Waals surface area contributed by atoms with Crippen molar-refractivity contribution in [1.29, 1.82) is 0 Å².